The number of nitro benzene ring substituents is 2. The van der Waals surface area contributed by atoms with E-state index in [1.165, 1.54) is 19.4 Å². The van der Waals surface area contributed by atoms with Crippen molar-refractivity contribution in [1.82, 2.24) is 4.98 Å². The average Bonchev–Trinajstić information content (AvgIpc) is 2.85. The lowest BCUT2D eigenvalue weighted by Crippen LogP contribution is -2.03. The van der Waals surface area contributed by atoms with Crippen molar-refractivity contribution in [2.45, 2.75) is 20.5 Å². The van der Waals surface area contributed by atoms with Crippen LogP contribution in [0.5, 0.6) is 17.2 Å². The maximum Gasteiger partial charge on any atom is 0.318 e. The molecule has 1 heterocycles. The molecule has 0 bridgehead atoms. The van der Waals surface area contributed by atoms with Crippen molar-refractivity contribution in [3.63, 3.8) is 0 Å². The van der Waals surface area contributed by atoms with Crippen LogP contribution >= 0.6 is 0 Å². The number of rotatable bonds is 11. The van der Waals surface area contributed by atoms with Crippen molar-refractivity contribution in [2.24, 2.45) is 5.10 Å². The van der Waals surface area contributed by atoms with Gasteiger partial charge in [0.1, 0.15) is 11.6 Å². The molecular formula is C24H22N6O7. The number of hydrazone groups is 1. The fourth-order valence-corrected chi connectivity index (χ4v) is 3.31. The maximum absolute atomic E-state index is 11.4. The van der Waals surface area contributed by atoms with Crippen LogP contribution in [0.1, 0.15) is 29.3 Å². The second kappa shape index (κ2) is 12.0. The van der Waals surface area contributed by atoms with Crippen molar-refractivity contribution < 1.29 is 24.1 Å². The number of nitrogens with one attached hydrogen (secondary N) is 1. The summed E-state index contributed by atoms with van der Waals surface area (Å²) in [5.41, 5.74) is 4.04. The lowest BCUT2D eigenvalue weighted by atomic mass is 10.1. The molecule has 0 saturated heterocycles. The van der Waals surface area contributed by atoms with Crippen LogP contribution in [0.2, 0.25) is 0 Å². The molecule has 0 unspecified atom stereocenters. The molecule has 37 heavy (non-hydrogen) atoms. The molecule has 0 atom stereocenters. The van der Waals surface area contributed by atoms with Crippen LogP contribution in [-0.4, -0.2) is 34.8 Å². The van der Waals surface area contributed by atoms with Crippen molar-refractivity contribution >= 4 is 23.4 Å². The van der Waals surface area contributed by atoms with Gasteiger partial charge in [-0.25, -0.2) is 4.98 Å². The van der Waals surface area contributed by atoms with Crippen LogP contribution in [0.4, 0.5) is 17.2 Å². The van der Waals surface area contributed by atoms with E-state index in [0.29, 0.717) is 22.4 Å². The molecule has 0 radical (unpaired) electrons. The average molecular weight is 506 g/mol. The standard InChI is InChI=1S/C24H22N6O7/c1-4-36-23-10-16(13-26-28-24-19(12-25)17(14-35-3)9-15(2)27-24)5-7-22(23)37-21-8-6-18(29(31)32)11-20(21)30(33)34/h5-11,13H,4,14H2,1-3H3,(H,27,28). The van der Waals surface area contributed by atoms with E-state index in [1.807, 2.05) is 0 Å². The Morgan fingerprint density at radius 1 is 1.11 bits per heavy atom. The van der Waals surface area contributed by atoms with Gasteiger partial charge >= 0.3 is 5.69 Å². The van der Waals surface area contributed by atoms with Crippen LogP contribution in [0, 0.1) is 38.5 Å². The number of aromatic nitrogens is 1. The first-order valence-electron chi connectivity index (χ1n) is 10.8. The van der Waals surface area contributed by atoms with E-state index in [1.54, 1.807) is 32.0 Å². The minimum atomic E-state index is -0.762. The Bertz CT molecular complexity index is 1400. The molecule has 0 aliphatic carbocycles. The zero-order valence-corrected chi connectivity index (χ0v) is 20.1. The van der Waals surface area contributed by atoms with Crippen molar-refractivity contribution in [3.8, 4) is 23.3 Å². The Balaban J connectivity index is 1.87. The van der Waals surface area contributed by atoms with Crippen LogP contribution < -0.4 is 14.9 Å². The van der Waals surface area contributed by atoms with Crippen molar-refractivity contribution in [2.75, 3.05) is 19.1 Å². The lowest BCUT2D eigenvalue weighted by Gasteiger charge is -2.12. The molecule has 0 fully saturated rings. The maximum atomic E-state index is 11.4. The first kappa shape index (κ1) is 26.5. The molecule has 3 aromatic rings. The van der Waals surface area contributed by atoms with Gasteiger partial charge in [-0.1, -0.05) is 0 Å². The Morgan fingerprint density at radius 2 is 1.86 bits per heavy atom. The molecule has 2 aromatic carbocycles. The van der Waals surface area contributed by atoms with Gasteiger partial charge in [-0.3, -0.25) is 25.7 Å². The monoisotopic (exact) mass is 506 g/mol. The Labute approximate surface area is 211 Å². The smallest absolute Gasteiger partial charge is 0.318 e. The van der Waals surface area contributed by atoms with E-state index < -0.39 is 21.2 Å². The van der Waals surface area contributed by atoms with Crippen LogP contribution in [0.15, 0.2) is 47.6 Å². The highest BCUT2D eigenvalue weighted by Crippen LogP contribution is 2.38. The summed E-state index contributed by atoms with van der Waals surface area (Å²) < 4.78 is 16.5. The number of aryl methyl sites for hydroxylation is 1. The summed E-state index contributed by atoms with van der Waals surface area (Å²) in [6.07, 6.45) is 1.47. The highest BCUT2D eigenvalue weighted by Gasteiger charge is 2.22. The number of nitrogens with zero attached hydrogens (tertiary/aromatic N) is 5. The van der Waals surface area contributed by atoms with Crippen molar-refractivity contribution in [1.29, 1.82) is 5.26 Å². The molecule has 0 saturated carbocycles. The van der Waals surface area contributed by atoms with Gasteiger partial charge < -0.3 is 14.2 Å². The third-order valence-electron chi connectivity index (χ3n) is 4.86. The number of hydrogen-bond donors (Lipinski definition) is 1. The molecule has 0 aliphatic rings. The molecule has 190 valence electrons. The van der Waals surface area contributed by atoms with E-state index in [4.69, 9.17) is 14.2 Å². The van der Waals surface area contributed by atoms with Gasteiger partial charge in [-0.15, -0.1) is 0 Å². The third kappa shape index (κ3) is 6.53. The minimum Gasteiger partial charge on any atom is -0.490 e. The van der Waals surface area contributed by atoms with Crippen LogP contribution in [-0.2, 0) is 11.3 Å². The lowest BCUT2D eigenvalue weighted by molar-refractivity contribution is -0.394. The van der Waals surface area contributed by atoms with E-state index in [9.17, 15) is 25.5 Å². The normalized spacial score (nSPS) is 10.6. The van der Waals surface area contributed by atoms with Crippen LogP contribution in [0.3, 0.4) is 0 Å². The fourth-order valence-electron chi connectivity index (χ4n) is 3.31. The number of hydrogen-bond acceptors (Lipinski definition) is 11. The number of pyridine rings is 1. The zero-order valence-electron chi connectivity index (χ0n) is 20.1. The summed E-state index contributed by atoms with van der Waals surface area (Å²) in [5.74, 6) is 0.537. The number of methoxy groups -OCH3 is 1. The molecule has 0 spiro atoms. The highest BCUT2D eigenvalue weighted by molar-refractivity contribution is 5.81. The summed E-state index contributed by atoms with van der Waals surface area (Å²) in [6, 6.07) is 11.7. The van der Waals surface area contributed by atoms with E-state index in [2.05, 4.69) is 21.6 Å². The summed E-state index contributed by atoms with van der Waals surface area (Å²) in [6.45, 7) is 4.07. The van der Waals surface area contributed by atoms with Gasteiger partial charge in [0, 0.05) is 24.4 Å². The van der Waals surface area contributed by atoms with Crippen LogP contribution in [0.25, 0.3) is 0 Å². The van der Waals surface area contributed by atoms with E-state index in [-0.39, 0.29) is 36.3 Å². The topological polar surface area (TPSA) is 175 Å². The number of non-ortho nitro benzene ring substituents is 1. The van der Waals surface area contributed by atoms with Gasteiger partial charge in [0.05, 0.1) is 35.3 Å². The van der Waals surface area contributed by atoms with Crippen molar-refractivity contribution in [3.05, 3.63) is 85.1 Å². The first-order chi connectivity index (χ1) is 17.8. The Hall–Kier alpha value is -5.09. The molecule has 0 aliphatic heterocycles. The number of benzene rings is 2. The van der Waals surface area contributed by atoms with Gasteiger partial charge in [0.15, 0.2) is 17.3 Å². The second-order valence-electron chi connectivity index (χ2n) is 7.47. The van der Waals surface area contributed by atoms with Gasteiger partial charge in [0.2, 0.25) is 5.75 Å². The summed E-state index contributed by atoms with van der Waals surface area (Å²) in [5, 5.41) is 36.1. The number of anilines is 1. The quantitative estimate of drug-likeness (QED) is 0.215. The largest absolute Gasteiger partial charge is 0.490 e. The molecular weight excluding hydrogens is 484 g/mol. The zero-order chi connectivity index (χ0) is 26.9. The SMILES string of the molecule is CCOc1cc(C=NNc2nc(C)cc(COC)c2C#N)ccc1Oc1ccc([N+](=O)[O-])cc1[N+](=O)[O-]. The van der Waals surface area contributed by atoms with E-state index in [0.717, 1.165) is 18.2 Å². The summed E-state index contributed by atoms with van der Waals surface area (Å²) >= 11 is 0. The molecule has 3 rings (SSSR count). The molecule has 0 amide bonds. The van der Waals surface area contributed by atoms with Gasteiger partial charge in [0.25, 0.3) is 5.69 Å². The summed E-state index contributed by atoms with van der Waals surface area (Å²) in [4.78, 5) is 25.2. The second-order valence-corrected chi connectivity index (χ2v) is 7.47. The van der Waals surface area contributed by atoms with Gasteiger partial charge in [-0.05, 0) is 49.7 Å². The first-order valence-corrected chi connectivity index (χ1v) is 10.8. The van der Waals surface area contributed by atoms with Gasteiger partial charge in [-0.2, -0.15) is 10.4 Å². The molecule has 1 aromatic heterocycles. The van der Waals surface area contributed by atoms with E-state index >= 15 is 0 Å². The highest BCUT2D eigenvalue weighted by atomic mass is 16.6. The number of nitriles is 1. The fraction of sp³-hybridized carbons (Fsp3) is 0.208. The Kier molecular flexibility index (Phi) is 8.63. The molecule has 13 heteroatoms. The number of ether oxygens (including phenoxy) is 3. The molecule has 13 nitrogen and oxygen atoms in total. The number of nitro groups is 2. The predicted octanol–water partition coefficient (Wildman–Crippen LogP) is 4.86. The minimum absolute atomic E-state index is 0.167. The molecule has 1 N–H and O–H groups in total. The third-order valence-corrected chi connectivity index (χ3v) is 4.86. The Morgan fingerprint density at radius 3 is 2.51 bits per heavy atom. The predicted molar refractivity (Wildman–Crippen MR) is 133 cm³/mol. The summed E-state index contributed by atoms with van der Waals surface area (Å²) in [7, 11) is 1.53.